The predicted molar refractivity (Wildman–Crippen MR) is 71.8 cm³/mol. The number of aromatic nitrogens is 2. The van der Waals surface area contributed by atoms with Gasteiger partial charge < -0.3 is 5.11 Å². The number of hydrogen-bond acceptors (Lipinski definition) is 2. The number of aliphatic hydroxyl groups is 1. The molecule has 1 aromatic rings. The van der Waals surface area contributed by atoms with E-state index in [1.165, 1.54) is 0 Å². The number of hydrogen-bond donors (Lipinski definition) is 1. The molecule has 1 aliphatic carbocycles. The Bertz CT molecular complexity index is 425. The Hall–Kier alpha value is -0.610. The van der Waals surface area contributed by atoms with Gasteiger partial charge in [-0.15, -0.1) is 0 Å². The monoisotopic (exact) mass is 298 g/mol. The van der Waals surface area contributed by atoms with Gasteiger partial charge >= 0.3 is 0 Å². The molecule has 1 aromatic heterocycles. The van der Waals surface area contributed by atoms with E-state index < -0.39 is 0 Å². The Morgan fingerprint density at radius 1 is 1.59 bits per heavy atom. The molecule has 94 valence electrons. The smallest absolute Gasteiger partial charge is 0.0738 e. The minimum atomic E-state index is -0.272. The minimum Gasteiger partial charge on any atom is -0.392 e. The second-order valence-electron chi connectivity index (χ2n) is 4.79. The average molecular weight is 299 g/mol. The summed E-state index contributed by atoms with van der Waals surface area (Å²) in [6, 6.07) is 0. The fourth-order valence-corrected chi connectivity index (χ4v) is 2.93. The number of allylic oxidation sites excluding steroid dienone is 2. The lowest BCUT2D eigenvalue weighted by Crippen LogP contribution is -2.24. The van der Waals surface area contributed by atoms with Crippen LogP contribution in [0.2, 0.25) is 0 Å². The van der Waals surface area contributed by atoms with Crippen LogP contribution >= 0.6 is 15.9 Å². The highest BCUT2D eigenvalue weighted by Gasteiger charge is 2.22. The third-order valence-electron chi connectivity index (χ3n) is 3.52. The summed E-state index contributed by atoms with van der Waals surface area (Å²) in [6.07, 6.45) is 7.96. The summed E-state index contributed by atoms with van der Waals surface area (Å²) in [4.78, 5) is 0. The van der Waals surface area contributed by atoms with Gasteiger partial charge in [0.15, 0.2) is 0 Å². The maximum atomic E-state index is 10.3. The van der Waals surface area contributed by atoms with Crippen molar-refractivity contribution in [2.24, 2.45) is 13.0 Å². The molecule has 0 amide bonds. The maximum absolute atomic E-state index is 10.3. The Balaban J connectivity index is 2.07. The zero-order valence-corrected chi connectivity index (χ0v) is 11.9. The van der Waals surface area contributed by atoms with Gasteiger partial charge in [-0.1, -0.05) is 12.2 Å². The topological polar surface area (TPSA) is 38.0 Å². The molecule has 0 bridgehead atoms. The normalized spacial score (nSPS) is 21.8. The largest absolute Gasteiger partial charge is 0.392 e. The third-order valence-corrected chi connectivity index (χ3v) is 4.55. The molecule has 0 radical (unpaired) electrons. The van der Waals surface area contributed by atoms with Crippen molar-refractivity contribution >= 4 is 15.9 Å². The van der Waals surface area contributed by atoms with Gasteiger partial charge in [0.1, 0.15) is 0 Å². The van der Waals surface area contributed by atoms with Crippen molar-refractivity contribution in [3.8, 4) is 0 Å². The van der Waals surface area contributed by atoms with Crippen molar-refractivity contribution in [1.29, 1.82) is 0 Å². The second kappa shape index (κ2) is 5.36. The number of nitrogens with zero attached hydrogens (tertiary/aromatic N) is 2. The van der Waals surface area contributed by atoms with E-state index in [-0.39, 0.29) is 6.10 Å². The van der Waals surface area contributed by atoms with E-state index in [2.05, 4.69) is 33.2 Å². The van der Waals surface area contributed by atoms with Crippen molar-refractivity contribution in [2.45, 2.75) is 38.7 Å². The van der Waals surface area contributed by atoms with Crippen molar-refractivity contribution in [3.05, 3.63) is 28.0 Å². The summed E-state index contributed by atoms with van der Waals surface area (Å²) >= 11 is 3.55. The summed E-state index contributed by atoms with van der Waals surface area (Å²) in [5, 5.41) is 14.6. The second-order valence-corrected chi connectivity index (χ2v) is 5.58. The number of aryl methyl sites for hydroxylation is 2. The van der Waals surface area contributed by atoms with Crippen LogP contribution in [-0.4, -0.2) is 21.0 Å². The van der Waals surface area contributed by atoms with Gasteiger partial charge in [0, 0.05) is 13.5 Å². The number of aliphatic hydroxyl groups excluding tert-OH is 1. The van der Waals surface area contributed by atoms with Crippen molar-refractivity contribution < 1.29 is 5.11 Å². The highest BCUT2D eigenvalue weighted by Crippen LogP contribution is 2.27. The molecule has 0 spiro atoms. The minimum absolute atomic E-state index is 0.272. The van der Waals surface area contributed by atoms with Gasteiger partial charge in [-0.2, -0.15) is 5.10 Å². The van der Waals surface area contributed by atoms with Gasteiger partial charge in [0.2, 0.25) is 0 Å². The van der Waals surface area contributed by atoms with E-state index in [0.29, 0.717) is 12.3 Å². The van der Waals surface area contributed by atoms with Gasteiger partial charge in [-0.25, -0.2) is 0 Å². The van der Waals surface area contributed by atoms with E-state index in [4.69, 9.17) is 0 Å². The molecule has 3 nitrogen and oxygen atoms in total. The molecule has 2 unspecified atom stereocenters. The number of halogens is 1. The molecule has 1 N–H and O–H groups in total. The molecule has 2 rings (SSSR count). The molecule has 1 aliphatic rings. The first kappa shape index (κ1) is 12.8. The van der Waals surface area contributed by atoms with Gasteiger partial charge in [0.05, 0.1) is 22.0 Å². The molecule has 0 fully saturated rings. The van der Waals surface area contributed by atoms with Gasteiger partial charge in [-0.05, 0) is 48.0 Å². The molecule has 1 heterocycles. The average Bonchev–Trinajstić information content (AvgIpc) is 2.57. The molecular weight excluding hydrogens is 280 g/mol. The molecule has 0 aliphatic heterocycles. The fourth-order valence-electron chi connectivity index (χ4n) is 2.43. The van der Waals surface area contributed by atoms with Crippen LogP contribution < -0.4 is 0 Å². The maximum Gasteiger partial charge on any atom is 0.0738 e. The first-order valence-electron chi connectivity index (χ1n) is 6.10. The fraction of sp³-hybridized carbons (Fsp3) is 0.615. The summed E-state index contributed by atoms with van der Waals surface area (Å²) in [6.45, 7) is 1.98. The standard InChI is InChI=1S/C13H19BrN2O/c1-9-13(14)11(16(2)15-9)8-12(17)10-6-4-3-5-7-10/h3-4,10,12,17H,5-8H2,1-2H3. The van der Waals surface area contributed by atoms with E-state index in [9.17, 15) is 5.11 Å². The van der Waals surface area contributed by atoms with Gasteiger partial charge in [0.25, 0.3) is 0 Å². The molecule has 17 heavy (non-hydrogen) atoms. The van der Waals surface area contributed by atoms with E-state index >= 15 is 0 Å². The highest BCUT2D eigenvalue weighted by molar-refractivity contribution is 9.10. The summed E-state index contributed by atoms with van der Waals surface area (Å²) in [7, 11) is 1.93. The summed E-state index contributed by atoms with van der Waals surface area (Å²) < 4.78 is 2.90. The lowest BCUT2D eigenvalue weighted by Gasteiger charge is -2.23. The Labute approximate surface area is 111 Å². The van der Waals surface area contributed by atoms with Gasteiger partial charge in [-0.3, -0.25) is 4.68 Å². The highest BCUT2D eigenvalue weighted by atomic mass is 79.9. The zero-order chi connectivity index (χ0) is 12.4. The lowest BCUT2D eigenvalue weighted by atomic mass is 9.87. The Morgan fingerprint density at radius 2 is 2.35 bits per heavy atom. The van der Waals surface area contributed by atoms with Crippen LogP contribution in [-0.2, 0) is 13.5 Å². The number of rotatable bonds is 3. The predicted octanol–water partition coefficient (Wildman–Crippen LogP) is 2.75. The van der Waals surface area contributed by atoms with Crippen LogP contribution in [0.1, 0.15) is 30.7 Å². The molecular formula is C13H19BrN2O. The van der Waals surface area contributed by atoms with Crippen molar-refractivity contribution in [3.63, 3.8) is 0 Å². The van der Waals surface area contributed by atoms with E-state index in [0.717, 1.165) is 35.1 Å². The van der Waals surface area contributed by atoms with Crippen LogP contribution in [0, 0.1) is 12.8 Å². The summed E-state index contributed by atoms with van der Waals surface area (Å²) in [5.74, 6) is 0.391. The van der Waals surface area contributed by atoms with E-state index in [1.54, 1.807) is 0 Å². The molecule has 0 saturated carbocycles. The Kier molecular flexibility index (Phi) is 4.05. The zero-order valence-electron chi connectivity index (χ0n) is 10.4. The quantitative estimate of drug-likeness (QED) is 0.872. The molecule has 2 atom stereocenters. The molecule has 0 saturated heterocycles. The first-order chi connectivity index (χ1) is 8.09. The molecule has 0 aromatic carbocycles. The lowest BCUT2D eigenvalue weighted by molar-refractivity contribution is 0.100. The Morgan fingerprint density at radius 3 is 2.88 bits per heavy atom. The van der Waals surface area contributed by atoms with Crippen LogP contribution in [0.3, 0.4) is 0 Å². The van der Waals surface area contributed by atoms with Crippen LogP contribution in [0.5, 0.6) is 0 Å². The first-order valence-corrected chi connectivity index (χ1v) is 6.90. The van der Waals surface area contributed by atoms with E-state index in [1.807, 2.05) is 18.7 Å². The SMILES string of the molecule is Cc1nn(C)c(CC(O)C2CC=CCC2)c1Br. The van der Waals surface area contributed by atoms with Crippen LogP contribution in [0.15, 0.2) is 16.6 Å². The van der Waals surface area contributed by atoms with Crippen LogP contribution in [0.25, 0.3) is 0 Å². The molecule has 4 heteroatoms. The van der Waals surface area contributed by atoms with Crippen molar-refractivity contribution in [1.82, 2.24) is 9.78 Å². The van der Waals surface area contributed by atoms with Crippen LogP contribution in [0.4, 0.5) is 0 Å². The summed E-state index contributed by atoms with van der Waals surface area (Å²) in [5.41, 5.74) is 2.07. The van der Waals surface area contributed by atoms with Crippen molar-refractivity contribution in [2.75, 3.05) is 0 Å². The third kappa shape index (κ3) is 2.80.